The molecular formula is C19H30N4O2. The van der Waals surface area contributed by atoms with Gasteiger partial charge in [0.25, 0.3) is 0 Å². The van der Waals surface area contributed by atoms with Gasteiger partial charge in [-0.05, 0) is 33.8 Å². The Hall–Kier alpha value is -2.24. The van der Waals surface area contributed by atoms with Crippen LogP contribution in [0.5, 0.6) is 5.75 Å². The van der Waals surface area contributed by atoms with Crippen LogP contribution < -0.4 is 20.7 Å². The maximum absolute atomic E-state index is 11.9. The quantitative estimate of drug-likeness (QED) is 0.577. The second-order valence-corrected chi connectivity index (χ2v) is 7.69. The fourth-order valence-electron chi connectivity index (χ4n) is 3.01. The fourth-order valence-corrected chi connectivity index (χ4v) is 3.01. The highest BCUT2D eigenvalue weighted by Gasteiger charge is 2.34. The summed E-state index contributed by atoms with van der Waals surface area (Å²) in [5.74, 6) is 1.57. The Morgan fingerprint density at radius 2 is 2.04 bits per heavy atom. The summed E-state index contributed by atoms with van der Waals surface area (Å²) >= 11 is 0. The van der Waals surface area contributed by atoms with Gasteiger partial charge >= 0.3 is 0 Å². The normalized spacial score (nSPS) is 19.4. The number of carbonyl (C=O) groups is 1. The molecule has 0 saturated carbocycles. The Balaban J connectivity index is 2.10. The maximum Gasteiger partial charge on any atom is 0.227 e. The van der Waals surface area contributed by atoms with Gasteiger partial charge < -0.3 is 20.7 Å². The van der Waals surface area contributed by atoms with Gasteiger partial charge in [-0.3, -0.25) is 9.79 Å². The van der Waals surface area contributed by atoms with E-state index in [1.165, 1.54) is 0 Å². The van der Waals surface area contributed by atoms with Crippen molar-refractivity contribution < 1.29 is 9.53 Å². The average molecular weight is 346 g/mol. The Labute approximate surface area is 150 Å². The molecule has 0 radical (unpaired) electrons. The Morgan fingerprint density at radius 1 is 1.36 bits per heavy atom. The van der Waals surface area contributed by atoms with Gasteiger partial charge in [-0.25, -0.2) is 0 Å². The van der Waals surface area contributed by atoms with E-state index >= 15 is 0 Å². The van der Waals surface area contributed by atoms with E-state index in [-0.39, 0.29) is 17.6 Å². The van der Waals surface area contributed by atoms with Crippen LogP contribution in [0.2, 0.25) is 0 Å². The minimum atomic E-state index is -0.529. The number of hydrogen-bond donors (Lipinski definition) is 3. The number of rotatable bonds is 4. The van der Waals surface area contributed by atoms with Crippen LogP contribution in [0.1, 0.15) is 45.7 Å². The van der Waals surface area contributed by atoms with Crippen LogP contribution in [-0.2, 0) is 4.79 Å². The molecule has 0 bridgehead atoms. The molecule has 1 unspecified atom stereocenters. The van der Waals surface area contributed by atoms with E-state index in [0.29, 0.717) is 12.5 Å². The lowest BCUT2D eigenvalue weighted by Gasteiger charge is -2.38. The molecule has 2 rings (SSSR count). The minimum Gasteiger partial charge on any atom is -0.487 e. The maximum atomic E-state index is 11.9. The van der Waals surface area contributed by atoms with Gasteiger partial charge in [0.1, 0.15) is 11.4 Å². The lowest BCUT2D eigenvalue weighted by molar-refractivity contribution is -0.128. The number of hydrogen-bond acceptors (Lipinski definition) is 3. The summed E-state index contributed by atoms with van der Waals surface area (Å²) in [6.07, 6.45) is 0.823. The number of benzene rings is 1. The second kappa shape index (κ2) is 7.33. The van der Waals surface area contributed by atoms with Crippen molar-refractivity contribution in [3.05, 3.63) is 29.8 Å². The number of amides is 1. The van der Waals surface area contributed by atoms with Crippen LogP contribution in [0, 0.1) is 5.41 Å². The molecule has 1 aromatic rings. The summed E-state index contributed by atoms with van der Waals surface area (Å²) in [4.78, 5) is 16.3. The molecule has 6 nitrogen and oxygen atoms in total. The Bertz CT molecular complexity index is 653. The number of ether oxygens (including phenoxy) is 1. The first-order valence-electron chi connectivity index (χ1n) is 8.66. The topological polar surface area (TPSA) is 74.8 Å². The molecule has 0 fully saturated rings. The first-order valence-corrected chi connectivity index (χ1v) is 8.66. The van der Waals surface area contributed by atoms with E-state index in [2.05, 4.69) is 40.9 Å². The monoisotopic (exact) mass is 346 g/mol. The molecule has 0 saturated heterocycles. The predicted octanol–water partition coefficient (Wildman–Crippen LogP) is 2.23. The first-order chi connectivity index (χ1) is 11.7. The predicted molar refractivity (Wildman–Crippen MR) is 101 cm³/mol. The summed E-state index contributed by atoms with van der Waals surface area (Å²) in [7, 11) is 3.39. The van der Waals surface area contributed by atoms with Crippen molar-refractivity contribution in [3.63, 3.8) is 0 Å². The van der Waals surface area contributed by atoms with E-state index < -0.39 is 5.41 Å². The standard InChI is InChI=1S/C19H30N4O2/c1-18(2,16(24)20-5)12-22-17(21-6)23-14-11-19(3,4)25-15-10-8-7-9-13(14)15/h7-10,14H,11-12H2,1-6H3,(H,20,24)(H2,21,22,23). The van der Waals surface area contributed by atoms with Gasteiger partial charge in [0.05, 0.1) is 11.5 Å². The third kappa shape index (κ3) is 4.65. The van der Waals surface area contributed by atoms with Crippen LogP contribution in [0.15, 0.2) is 29.3 Å². The number of fused-ring (bicyclic) bond motifs is 1. The molecule has 138 valence electrons. The van der Waals surface area contributed by atoms with E-state index in [1.54, 1.807) is 14.1 Å². The Kier molecular flexibility index (Phi) is 5.60. The number of para-hydroxylation sites is 1. The molecule has 1 aliphatic rings. The van der Waals surface area contributed by atoms with Gasteiger partial charge in [-0.1, -0.05) is 18.2 Å². The molecule has 0 spiro atoms. The second-order valence-electron chi connectivity index (χ2n) is 7.69. The zero-order chi connectivity index (χ0) is 18.7. The largest absolute Gasteiger partial charge is 0.487 e. The average Bonchev–Trinajstić information content (AvgIpc) is 2.56. The summed E-state index contributed by atoms with van der Waals surface area (Å²) in [6.45, 7) is 8.46. The van der Waals surface area contributed by atoms with Gasteiger partial charge in [0.15, 0.2) is 5.96 Å². The number of guanidine groups is 1. The molecule has 25 heavy (non-hydrogen) atoms. The van der Waals surface area contributed by atoms with Gasteiger partial charge in [-0.15, -0.1) is 0 Å². The van der Waals surface area contributed by atoms with Crippen molar-refractivity contribution in [1.82, 2.24) is 16.0 Å². The van der Waals surface area contributed by atoms with Crippen molar-refractivity contribution in [2.75, 3.05) is 20.6 Å². The summed E-state index contributed by atoms with van der Waals surface area (Å²) < 4.78 is 6.07. The molecule has 6 heteroatoms. The fraction of sp³-hybridized carbons (Fsp3) is 0.579. The third-order valence-corrected chi connectivity index (χ3v) is 4.45. The number of nitrogens with one attached hydrogen (secondary N) is 3. The van der Waals surface area contributed by atoms with Crippen molar-refractivity contribution in [2.24, 2.45) is 10.4 Å². The van der Waals surface area contributed by atoms with Crippen LogP contribution in [0.3, 0.4) is 0 Å². The molecule has 1 atom stereocenters. The smallest absolute Gasteiger partial charge is 0.227 e. The summed E-state index contributed by atoms with van der Waals surface area (Å²) in [6, 6.07) is 8.16. The van der Waals surface area contributed by atoms with Crippen LogP contribution in [0.25, 0.3) is 0 Å². The van der Waals surface area contributed by atoms with Crippen molar-refractivity contribution in [2.45, 2.75) is 45.8 Å². The van der Waals surface area contributed by atoms with Gasteiger partial charge in [0.2, 0.25) is 5.91 Å². The molecule has 1 heterocycles. The van der Waals surface area contributed by atoms with Crippen LogP contribution in [0.4, 0.5) is 0 Å². The zero-order valence-electron chi connectivity index (χ0n) is 16.1. The Morgan fingerprint density at radius 3 is 2.68 bits per heavy atom. The molecule has 1 amide bonds. The number of aliphatic imine (C=N–C) groups is 1. The van der Waals surface area contributed by atoms with Crippen molar-refractivity contribution >= 4 is 11.9 Å². The van der Waals surface area contributed by atoms with E-state index in [0.717, 1.165) is 17.7 Å². The molecule has 1 aromatic carbocycles. The number of carbonyl (C=O) groups excluding carboxylic acids is 1. The van der Waals surface area contributed by atoms with Crippen molar-refractivity contribution in [1.29, 1.82) is 0 Å². The van der Waals surface area contributed by atoms with Crippen molar-refractivity contribution in [3.8, 4) is 5.75 Å². The summed E-state index contributed by atoms with van der Waals surface area (Å²) in [5, 5.41) is 9.44. The molecule has 0 aromatic heterocycles. The lowest BCUT2D eigenvalue weighted by atomic mass is 9.89. The summed E-state index contributed by atoms with van der Waals surface area (Å²) in [5.41, 5.74) is 0.334. The highest BCUT2D eigenvalue weighted by atomic mass is 16.5. The van der Waals surface area contributed by atoms with Gasteiger partial charge in [-0.2, -0.15) is 0 Å². The van der Waals surface area contributed by atoms with Crippen LogP contribution >= 0.6 is 0 Å². The number of nitrogens with zero attached hydrogens (tertiary/aromatic N) is 1. The third-order valence-electron chi connectivity index (χ3n) is 4.45. The van der Waals surface area contributed by atoms with E-state index in [1.807, 2.05) is 32.0 Å². The lowest BCUT2D eigenvalue weighted by Crippen LogP contribution is -2.49. The first kappa shape index (κ1) is 19.1. The molecule has 3 N–H and O–H groups in total. The highest BCUT2D eigenvalue weighted by Crippen LogP contribution is 2.39. The van der Waals surface area contributed by atoms with E-state index in [4.69, 9.17) is 4.74 Å². The minimum absolute atomic E-state index is 0.00648. The SMILES string of the molecule is CN=C(NCC(C)(C)C(=O)NC)NC1CC(C)(C)Oc2ccccc21. The van der Waals surface area contributed by atoms with Crippen LogP contribution in [-0.4, -0.2) is 38.1 Å². The highest BCUT2D eigenvalue weighted by molar-refractivity contribution is 5.84. The van der Waals surface area contributed by atoms with Gasteiger partial charge in [0, 0.05) is 32.6 Å². The molecule has 0 aliphatic carbocycles. The van der Waals surface area contributed by atoms with E-state index in [9.17, 15) is 4.79 Å². The zero-order valence-corrected chi connectivity index (χ0v) is 16.1. The molecule has 1 aliphatic heterocycles. The molecular weight excluding hydrogens is 316 g/mol.